The first-order valence-corrected chi connectivity index (χ1v) is 4.48. The number of hydrogen-bond donors (Lipinski definition) is 0. The summed E-state index contributed by atoms with van der Waals surface area (Å²) >= 11 is 3.05. The van der Waals surface area contributed by atoms with Gasteiger partial charge in [-0.15, -0.1) is 0 Å². The van der Waals surface area contributed by atoms with Gasteiger partial charge >= 0.3 is 5.92 Å². The molecular weight excluding hydrogens is 258 g/mol. The standard InChI is InChI=1S/C9H7BrF2O2/c1-14-8-3-2-6(4-7(8)10)9(11,12)5-13/h2-5H,1H3. The van der Waals surface area contributed by atoms with E-state index in [-0.39, 0.29) is 11.8 Å². The van der Waals surface area contributed by atoms with E-state index in [1.807, 2.05) is 0 Å². The van der Waals surface area contributed by atoms with Crippen LogP contribution in [-0.4, -0.2) is 13.4 Å². The number of aldehydes is 1. The van der Waals surface area contributed by atoms with E-state index in [2.05, 4.69) is 15.9 Å². The molecule has 0 aromatic heterocycles. The molecule has 76 valence electrons. The van der Waals surface area contributed by atoms with Crippen LogP contribution in [0.25, 0.3) is 0 Å². The highest BCUT2D eigenvalue weighted by molar-refractivity contribution is 9.10. The normalized spacial score (nSPS) is 11.1. The number of ether oxygens (including phenoxy) is 1. The maximum atomic E-state index is 12.9. The second-order valence-electron chi connectivity index (χ2n) is 2.59. The summed E-state index contributed by atoms with van der Waals surface area (Å²) in [6.07, 6.45) is -0.388. The summed E-state index contributed by atoms with van der Waals surface area (Å²) in [4.78, 5) is 10.1. The summed E-state index contributed by atoms with van der Waals surface area (Å²) in [6.45, 7) is 0. The highest BCUT2D eigenvalue weighted by Gasteiger charge is 2.31. The molecule has 1 aromatic carbocycles. The zero-order valence-electron chi connectivity index (χ0n) is 7.26. The van der Waals surface area contributed by atoms with Gasteiger partial charge in [-0.05, 0) is 34.1 Å². The molecule has 1 rings (SSSR count). The summed E-state index contributed by atoms with van der Waals surface area (Å²) in [5.74, 6) is -3.01. The summed E-state index contributed by atoms with van der Waals surface area (Å²) in [5.41, 5.74) is -0.361. The number of alkyl halides is 2. The molecule has 14 heavy (non-hydrogen) atoms. The average Bonchev–Trinajstić information content (AvgIpc) is 2.17. The molecule has 0 N–H and O–H groups in total. The maximum absolute atomic E-state index is 12.9. The zero-order valence-corrected chi connectivity index (χ0v) is 8.85. The Kier molecular flexibility index (Phi) is 3.21. The summed E-state index contributed by atoms with van der Waals surface area (Å²) in [7, 11) is 1.43. The Hall–Kier alpha value is -0.970. The van der Waals surface area contributed by atoms with Crippen LogP contribution in [0.3, 0.4) is 0 Å². The fourth-order valence-electron chi connectivity index (χ4n) is 0.942. The van der Waals surface area contributed by atoms with Crippen LogP contribution >= 0.6 is 15.9 Å². The molecule has 0 heterocycles. The van der Waals surface area contributed by atoms with E-state index in [4.69, 9.17) is 4.74 Å². The van der Waals surface area contributed by atoms with Crippen LogP contribution in [0.5, 0.6) is 5.75 Å². The molecule has 2 nitrogen and oxygen atoms in total. The van der Waals surface area contributed by atoms with Crippen LogP contribution in [0.4, 0.5) is 8.78 Å². The van der Waals surface area contributed by atoms with Crippen LogP contribution in [0.15, 0.2) is 22.7 Å². The Bertz CT molecular complexity index is 353. The van der Waals surface area contributed by atoms with Gasteiger partial charge < -0.3 is 4.74 Å². The van der Waals surface area contributed by atoms with Crippen molar-refractivity contribution in [2.45, 2.75) is 5.92 Å². The van der Waals surface area contributed by atoms with E-state index in [0.29, 0.717) is 10.2 Å². The minimum atomic E-state index is -3.45. The highest BCUT2D eigenvalue weighted by Crippen LogP contribution is 2.32. The van der Waals surface area contributed by atoms with Crippen LogP contribution in [-0.2, 0) is 10.7 Å². The predicted molar refractivity (Wildman–Crippen MR) is 50.7 cm³/mol. The van der Waals surface area contributed by atoms with Gasteiger partial charge in [-0.25, -0.2) is 0 Å². The molecule has 5 heteroatoms. The van der Waals surface area contributed by atoms with E-state index in [0.717, 1.165) is 12.1 Å². The summed E-state index contributed by atoms with van der Waals surface area (Å²) in [5, 5.41) is 0. The quantitative estimate of drug-likeness (QED) is 0.785. The van der Waals surface area contributed by atoms with E-state index in [1.54, 1.807) is 0 Å². The molecule has 1 aromatic rings. The second kappa shape index (κ2) is 4.04. The van der Waals surface area contributed by atoms with Gasteiger partial charge in [0, 0.05) is 5.56 Å². The van der Waals surface area contributed by atoms with Gasteiger partial charge in [0.25, 0.3) is 0 Å². The van der Waals surface area contributed by atoms with Gasteiger partial charge in [0.1, 0.15) is 5.75 Å². The molecule has 0 unspecified atom stereocenters. The zero-order chi connectivity index (χ0) is 10.8. The fourth-order valence-corrected chi connectivity index (χ4v) is 1.48. The minimum Gasteiger partial charge on any atom is -0.496 e. The Morgan fingerprint density at radius 1 is 1.50 bits per heavy atom. The Balaban J connectivity index is 3.15. The van der Waals surface area contributed by atoms with Gasteiger partial charge in [-0.3, -0.25) is 4.79 Å². The van der Waals surface area contributed by atoms with Crippen LogP contribution < -0.4 is 4.74 Å². The largest absolute Gasteiger partial charge is 0.496 e. The van der Waals surface area contributed by atoms with Crippen molar-refractivity contribution < 1.29 is 18.3 Å². The van der Waals surface area contributed by atoms with E-state index < -0.39 is 5.92 Å². The van der Waals surface area contributed by atoms with E-state index >= 15 is 0 Å². The molecule has 0 amide bonds. The van der Waals surface area contributed by atoms with Crippen LogP contribution in [0.2, 0.25) is 0 Å². The van der Waals surface area contributed by atoms with Gasteiger partial charge in [-0.1, -0.05) is 0 Å². The molecular formula is C9H7BrF2O2. The first-order valence-electron chi connectivity index (χ1n) is 3.69. The van der Waals surface area contributed by atoms with Gasteiger partial charge in [0.15, 0.2) is 6.29 Å². The van der Waals surface area contributed by atoms with Crippen molar-refractivity contribution in [1.29, 1.82) is 0 Å². The number of methoxy groups -OCH3 is 1. The number of benzene rings is 1. The number of halogens is 3. The molecule has 0 aliphatic carbocycles. The molecule has 0 saturated carbocycles. The lowest BCUT2D eigenvalue weighted by atomic mass is 10.1. The lowest BCUT2D eigenvalue weighted by molar-refractivity contribution is -0.130. The lowest BCUT2D eigenvalue weighted by Gasteiger charge is -2.10. The number of carbonyl (C=O) groups excluding carboxylic acids is 1. The molecule has 0 aliphatic rings. The van der Waals surface area contributed by atoms with Crippen molar-refractivity contribution in [3.63, 3.8) is 0 Å². The van der Waals surface area contributed by atoms with E-state index in [1.165, 1.54) is 13.2 Å². The van der Waals surface area contributed by atoms with E-state index in [9.17, 15) is 13.6 Å². The molecule has 0 bridgehead atoms. The molecule has 0 atom stereocenters. The summed E-state index contributed by atoms with van der Waals surface area (Å²) in [6, 6.07) is 3.68. The number of carbonyl (C=O) groups is 1. The predicted octanol–water partition coefficient (Wildman–Crippen LogP) is 2.75. The third-order valence-corrected chi connectivity index (χ3v) is 2.30. The van der Waals surface area contributed by atoms with Crippen molar-refractivity contribution in [3.8, 4) is 5.75 Å². The van der Waals surface area contributed by atoms with Crippen LogP contribution in [0, 0.1) is 0 Å². The third-order valence-electron chi connectivity index (χ3n) is 1.68. The van der Waals surface area contributed by atoms with Gasteiger partial charge in [0.2, 0.25) is 0 Å². The first-order chi connectivity index (χ1) is 6.51. The van der Waals surface area contributed by atoms with Crippen molar-refractivity contribution >= 4 is 22.2 Å². The second-order valence-corrected chi connectivity index (χ2v) is 3.44. The molecule has 0 radical (unpaired) electrons. The summed E-state index contributed by atoms with van der Waals surface area (Å²) < 4.78 is 31.0. The smallest absolute Gasteiger partial charge is 0.327 e. The molecule has 0 fully saturated rings. The third kappa shape index (κ3) is 2.09. The number of hydrogen-bond acceptors (Lipinski definition) is 2. The minimum absolute atomic E-state index is 0.361. The molecule has 0 saturated heterocycles. The van der Waals surface area contributed by atoms with Gasteiger partial charge in [-0.2, -0.15) is 8.78 Å². The number of rotatable bonds is 3. The molecule has 0 spiro atoms. The SMILES string of the molecule is COc1ccc(C(F)(F)C=O)cc1Br. The first kappa shape index (κ1) is 11.1. The highest BCUT2D eigenvalue weighted by atomic mass is 79.9. The Labute approximate surface area is 88.0 Å². The van der Waals surface area contributed by atoms with Crippen molar-refractivity contribution in [1.82, 2.24) is 0 Å². The lowest BCUT2D eigenvalue weighted by Crippen LogP contribution is -2.14. The fraction of sp³-hybridized carbons (Fsp3) is 0.222. The van der Waals surface area contributed by atoms with Crippen molar-refractivity contribution in [2.75, 3.05) is 7.11 Å². The van der Waals surface area contributed by atoms with Gasteiger partial charge in [0.05, 0.1) is 11.6 Å². The Morgan fingerprint density at radius 2 is 2.14 bits per heavy atom. The molecule has 0 aliphatic heterocycles. The monoisotopic (exact) mass is 264 g/mol. The van der Waals surface area contributed by atoms with Crippen molar-refractivity contribution in [3.05, 3.63) is 28.2 Å². The maximum Gasteiger partial charge on any atom is 0.327 e. The Morgan fingerprint density at radius 3 is 2.57 bits per heavy atom. The average molecular weight is 265 g/mol. The van der Waals surface area contributed by atoms with Crippen molar-refractivity contribution in [2.24, 2.45) is 0 Å². The van der Waals surface area contributed by atoms with Crippen LogP contribution in [0.1, 0.15) is 5.56 Å². The topological polar surface area (TPSA) is 26.3 Å².